The van der Waals surface area contributed by atoms with Crippen molar-refractivity contribution in [3.8, 4) is 0 Å². The molecule has 0 N–H and O–H groups in total. The third-order valence-electron chi connectivity index (χ3n) is 2.46. The highest BCUT2D eigenvalue weighted by Gasteiger charge is 2.42. The molecular formula is C9H15NO5. The fourth-order valence-corrected chi connectivity index (χ4v) is 1.73. The third-order valence-corrected chi connectivity index (χ3v) is 2.46. The first-order chi connectivity index (χ1) is 7.15. The largest absolute Gasteiger partial charge is 0.467 e. The van der Waals surface area contributed by atoms with E-state index in [0.29, 0.717) is 12.8 Å². The van der Waals surface area contributed by atoms with Crippen LogP contribution in [0.4, 0.5) is 4.79 Å². The molecule has 6 nitrogen and oxygen atoms in total. The van der Waals surface area contributed by atoms with Gasteiger partial charge in [-0.1, -0.05) is 0 Å². The SMILES string of the molecule is COC(=O)[C@@H]1CC[C@H](OC)N1C(=O)OC. The Morgan fingerprint density at radius 3 is 2.27 bits per heavy atom. The Morgan fingerprint density at radius 2 is 1.80 bits per heavy atom. The third kappa shape index (κ3) is 2.20. The molecule has 6 heteroatoms. The van der Waals surface area contributed by atoms with Crippen molar-refractivity contribution in [1.29, 1.82) is 0 Å². The topological polar surface area (TPSA) is 65.1 Å². The predicted octanol–water partition coefficient (Wildman–Crippen LogP) is 0.363. The molecule has 0 aromatic carbocycles. The van der Waals surface area contributed by atoms with Gasteiger partial charge in [0.1, 0.15) is 12.3 Å². The highest BCUT2D eigenvalue weighted by atomic mass is 16.6. The summed E-state index contributed by atoms with van der Waals surface area (Å²) in [6, 6.07) is -0.604. The number of rotatable bonds is 2. The summed E-state index contributed by atoms with van der Waals surface area (Å²) >= 11 is 0. The minimum absolute atomic E-state index is 0.415. The zero-order valence-electron chi connectivity index (χ0n) is 9.06. The Bertz CT molecular complexity index is 255. The van der Waals surface area contributed by atoms with E-state index in [9.17, 15) is 9.59 Å². The van der Waals surface area contributed by atoms with Gasteiger partial charge in [0.2, 0.25) is 0 Å². The Kier molecular flexibility index (Phi) is 3.90. The lowest BCUT2D eigenvalue weighted by Crippen LogP contribution is -2.45. The van der Waals surface area contributed by atoms with E-state index in [2.05, 4.69) is 9.47 Å². The Hall–Kier alpha value is -1.30. The highest BCUT2D eigenvalue weighted by molar-refractivity contribution is 5.82. The van der Waals surface area contributed by atoms with Gasteiger partial charge in [0, 0.05) is 7.11 Å². The molecule has 0 radical (unpaired) electrons. The van der Waals surface area contributed by atoms with Crippen LogP contribution >= 0.6 is 0 Å². The first kappa shape index (κ1) is 11.8. The first-order valence-electron chi connectivity index (χ1n) is 4.62. The summed E-state index contributed by atoms with van der Waals surface area (Å²) in [5, 5.41) is 0. The second kappa shape index (κ2) is 4.97. The fourth-order valence-electron chi connectivity index (χ4n) is 1.73. The monoisotopic (exact) mass is 217 g/mol. The molecule has 1 aliphatic heterocycles. The lowest BCUT2D eigenvalue weighted by Gasteiger charge is -2.26. The summed E-state index contributed by atoms with van der Waals surface area (Å²) < 4.78 is 14.3. The van der Waals surface area contributed by atoms with Crippen LogP contribution in [-0.4, -0.2) is 50.6 Å². The van der Waals surface area contributed by atoms with Gasteiger partial charge in [-0.15, -0.1) is 0 Å². The number of hydrogen-bond donors (Lipinski definition) is 0. The molecule has 15 heavy (non-hydrogen) atoms. The second-order valence-corrected chi connectivity index (χ2v) is 3.18. The molecule has 1 saturated heterocycles. The highest BCUT2D eigenvalue weighted by Crippen LogP contribution is 2.26. The normalized spacial score (nSPS) is 25.1. The van der Waals surface area contributed by atoms with Crippen molar-refractivity contribution in [2.75, 3.05) is 21.3 Å². The van der Waals surface area contributed by atoms with Crippen LogP contribution in [0, 0.1) is 0 Å². The molecule has 1 heterocycles. The van der Waals surface area contributed by atoms with Crippen LogP contribution < -0.4 is 0 Å². The van der Waals surface area contributed by atoms with Crippen LogP contribution in [0.2, 0.25) is 0 Å². The number of carbonyl (C=O) groups is 2. The quantitative estimate of drug-likeness (QED) is 0.625. The lowest BCUT2D eigenvalue weighted by molar-refractivity contribution is -0.147. The second-order valence-electron chi connectivity index (χ2n) is 3.18. The number of hydrogen-bond acceptors (Lipinski definition) is 5. The number of carbonyl (C=O) groups excluding carboxylic acids is 2. The molecule has 0 bridgehead atoms. The van der Waals surface area contributed by atoms with Crippen LogP contribution in [0.5, 0.6) is 0 Å². The van der Waals surface area contributed by atoms with Crippen LogP contribution in [0.15, 0.2) is 0 Å². The summed E-state index contributed by atoms with van der Waals surface area (Å²) in [6.45, 7) is 0. The molecule has 0 aromatic rings. The van der Waals surface area contributed by atoms with E-state index in [0.717, 1.165) is 0 Å². The maximum Gasteiger partial charge on any atom is 0.412 e. The molecule has 1 fully saturated rings. The van der Waals surface area contributed by atoms with Crippen molar-refractivity contribution in [1.82, 2.24) is 4.90 Å². The zero-order chi connectivity index (χ0) is 11.4. The van der Waals surface area contributed by atoms with Gasteiger partial charge in [0.05, 0.1) is 14.2 Å². The summed E-state index contributed by atoms with van der Waals surface area (Å²) in [5.41, 5.74) is 0. The van der Waals surface area contributed by atoms with E-state index in [1.165, 1.54) is 26.2 Å². The Labute approximate surface area is 88.1 Å². The van der Waals surface area contributed by atoms with Crippen molar-refractivity contribution in [2.24, 2.45) is 0 Å². The number of ether oxygens (including phenoxy) is 3. The fraction of sp³-hybridized carbons (Fsp3) is 0.778. The van der Waals surface area contributed by atoms with Gasteiger partial charge in [-0.05, 0) is 12.8 Å². The van der Waals surface area contributed by atoms with Gasteiger partial charge in [0.15, 0.2) is 0 Å². The van der Waals surface area contributed by atoms with E-state index < -0.39 is 24.3 Å². The molecule has 0 saturated carbocycles. The van der Waals surface area contributed by atoms with Crippen molar-refractivity contribution in [3.63, 3.8) is 0 Å². The average molecular weight is 217 g/mol. The molecule has 1 aliphatic rings. The molecule has 2 atom stereocenters. The summed E-state index contributed by atoms with van der Waals surface area (Å²) in [4.78, 5) is 24.1. The average Bonchev–Trinajstić information content (AvgIpc) is 2.70. The first-order valence-corrected chi connectivity index (χ1v) is 4.62. The molecule has 0 spiro atoms. The van der Waals surface area contributed by atoms with Crippen LogP contribution in [0.3, 0.4) is 0 Å². The molecule has 1 amide bonds. The van der Waals surface area contributed by atoms with Crippen LogP contribution in [-0.2, 0) is 19.0 Å². The van der Waals surface area contributed by atoms with Crippen molar-refractivity contribution in [2.45, 2.75) is 25.1 Å². The number of amides is 1. The van der Waals surface area contributed by atoms with Crippen molar-refractivity contribution < 1.29 is 23.8 Å². The van der Waals surface area contributed by atoms with Gasteiger partial charge in [-0.3, -0.25) is 4.90 Å². The van der Waals surface area contributed by atoms with Crippen LogP contribution in [0.25, 0.3) is 0 Å². The van der Waals surface area contributed by atoms with Gasteiger partial charge in [0.25, 0.3) is 0 Å². The minimum atomic E-state index is -0.604. The summed E-state index contributed by atoms with van der Waals surface area (Å²) in [5.74, 6) is -0.444. The number of methoxy groups -OCH3 is 3. The Balaban J connectivity index is 2.80. The summed E-state index contributed by atoms with van der Waals surface area (Å²) in [6.07, 6.45) is 0.141. The van der Waals surface area contributed by atoms with Gasteiger partial charge < -0.3 is 14.2 Å². The van der Waals surface area contributed by atoms with Crippen molar-refractivity contribution in [3.05, 3.63) is 0 Å². The maximum atomic E-state index is 11.4. The van der Waals surface area contributed by atoms with E-state index in [1.54, 1.807) is 0 Å². The van der Waals surface area contributed by atoms with Gasteiger partial charge >= 0.3 is 12.1 Å². The number of esters is 1. The van der Waals surface area contributed by atoms with E-state index in [-0.39, 0.29) is 0 Å². The minimum Gasteiger partial charge on any atom is -0.467 e. The number of nitrogens with zero attached hydrogens (tertiary/aromatic N) is 1. The standard InChI is InChI=1S/C9H15NO5/c1-13-7-5-4-6(8(11)14-2)10(7)9(12)15-3/h6-7H,4-5H2,1-3H3/t6-,7-/m0/s1. The molecule has 0 unspecified atom stereocenters. The van der Waals surface area contributed by atoms with E-state index in [1.807, 2.05) is 0 Å². The lowest BCUT2D eigenvalue weighted by atomic mass is 10.2. The molecule has 0 aliphatic carbocycles. The van der Waals surface area contributed by atoms with Gasteiger partial charge in [-0.25, -0.2) is 9.59 Å². The predicted molar refractivity (Wildman–Crippen MR) is 50.1 cm³/mol. The molecule has 1 rings (SSSR count). The van der Waals surface area contributed by atoms with E-state index in [4.69, 9.17) is 4.74 Å². The maximum absolute atomic E-state index is 11.4. The Morgan fingerprint density at radius 1 is 1.13 bits per heavy atom. The van der Waals surface area contributed by atoms with E-state index >= 15 is 0 Å². The number of likely N-dealkylation sites (tertiary alicyclic amines) is 1. The van der Waals surface area contributed by atoms with Gasteiger partial charge in [-0.2, -0.15) is 0 Å². The molecular weight excluding hydrogens is 202 g/mol. The molecule has 86 valence electrons. The van der Waals surface area contributed by atoms with Crippen molar-refractivity contribution >= 4 is 12.1 Å². The zero-order valence-corrected chi connectivity index (χ0v) is 9.06. The van der Waals surface area contributed by atoms with Crippen LogP contribution in [0.1, 0.15) is 12.8 Å². The smallest absolute Gasteiger partial charge is 0.412 e. The molecule has 0 aromatic heterocycles. The summed E-state index contributed by atoms with van der Waals surface area (Å²) in [7, 11) is 4.04.